The third-order valence-electron chi connectivity index (χ3n) is 3.58. The fourth-order valence-corrected chi connectivity index (χ4v) is 2.50. The summed E-state index contributed by atoms with van der Waals surface area (Å²) in [6, 6.07) is 20.3. The molecular formula is C19H21NO3. The molecule has 0 fully saturated rings. The molecule has 0 atom stereocenters. The number of rotatable bonds is 6. The first kappa shape index (κ1) is 16.7. The maximum Gasteiger partial charge on any atom is 0.396 e. The van der Waals surface area contributed by atoms with Crippen LogP contribution in [-0.2, 0) is 14.3 Å². The van der Waals surface area contributed by atoms with Gasteiger partial charge < -0.3 is 10.1 Å². The molecule has 2 aromatic carbocycles. The van der Waals surface area contributed by atoms with Gasteiger partial charge in [0, 0.05) is 12.5 Å². The average molecular weight is 311 g/mol. The van der Waals surface area contributed by atoms with Gasteiger partial charge in [-0.3, -0.25) is 4.79 Å². The Bertz CT molecular complexity index is 586. The van der Waals surface area contributed by atoms with Crippen LogP contribution in [0.5, 0.6) is 0 Å². The van der Waals surface area contributed by atoms with Gasteiger partial charge in [0.2, 0.25) is 0 Å². The van der Waals surface area contributed by atoms with Crippen molar-refractivity contribution in [2.75, 3.05) is 13.2 Å². The Morgan fingerprint density at radius 2 is 1.48 bits per heavy atom. The third kappa shape index (κ3) is 4.95. The van der Waals surface area contributed by atoms with Gasteiger partial charge in [0.15, 0.2) is 0 Å². The van der Waals surface area contributed by atoms with E-state index in [4.69, 9.17) is 0 Å². The number of esters is 1. The van der Waals surface area contributed by atoms with Gasteiger partial charge in [-0.1, -0.05) is 60.7 Å². The number of amides is 1. The molecule has 0 aliphatic rings. The van der Waals surface area contributed by atoms with Crippen LogP contribution in [-0.4, -0.2) is 25.0 Å². The van der Waals surface area contributed by atoms with Gasteiger partial charge in [0.25, 0.3) is 0 Å². The van der Waals surface area contributed by atoms with E-state index >= 15 is 0 Å². The van der Waals surface area contributed by atoms with Crippen LogP contribution in [0.2, 0.25) is 0 Å². The molecule has 0 unspecified atom stereocenters. The van der Waals surface area contributed by atoms with E-state index in [-0.39, 0.29) is 12.5 Å². The third-order valence-corrected chi connectivity index (χ3v) is 3.58. The molecule has 0 aromatic heterocycles. The summed E-state index contributed by atoms with van der Waals surface area (Å²) in [6.45, 7) is 2.28. The summed E-state index contributed by atoms with van der Waals surface area (Å²) in [5, 5.41) is 2.62. The van der Waals surface area contributed by atoms with Crippen LogP contribution < -0.4 is 5.32 Å². The molecule has 0 radical (unpaired) electrons. The van der Waals surface area contributed by atoms with Crippen molar-refractivity contribution in [1.82, 2.24) is 5.32 Å². The molecule has 0 saturated carbocycles. The fourth-order valence-electron chi connectivity index (χ4n) is 2.50. The van der Waals surface area contributed by atoms with E-state index in [1.807, 2.05) is 36.4 Å². The molecule has 0 spiro atoms. The number of carbonyl (C=O) groups excluding carboxylic acids is 2. The largest absolute Gasteiger partial charge is 0.459 e. The fraction of sp³-hybridized carbons (Fsp3) is 0.263. The molecule has 0 aliphatic heterocycles. The van der Waals surface area contributed by atoms with Crippen LogP contribution in [0, 0.1) is 0 Å². The predicted octanol–water partition coefficient (Wildman–Crippen LogP) is 2.89. The van der Waals surface area contributed by atoms with E-state index in [0.717, 1.165) is 0 Å². The Hall–Kier alpha value is -2.62. The minimum Gasteiger partial charge on any atom is -0.459 e. The van der Waals surface area contributed by atoms with Crippen molar-refractivity contribution in [3.63, 3.8) is 0 Å². The van der Waals surface area contributed by atoms with Crippen LogP contribution >= 0.6 is 0 Å². The Labute approximate surface area is 136 Å². The summed E-state index contributed by atoms with van der Waals surface area (Å²) in [5.41, 5.74) is 2.37. The summed E-state index contributed by atoms with van der Waals surface area (Å²) in [4.78, 5) is 22.9. The molecular weight excluding hydrogens is 290 g/mol. The molecule has 1 N–H and O–H groups in total. The zero-order chi connectivity index (χ0) is 16.5. The smallest absolute Gasteiger partial charge is 0.396 e. The van der Waals surface area contributed by atoms with Crippen LogP contribution in [0.4, 0.5) is 0 Å². The van der Waals surface area contributed by atoms with Gasteiger partial charge in [0.1, 0.15) is 0 Å². The van der Waals surface area contributed by atoms with Crippen molar-refractivity contribution in [3.8, 4) is 0 Å². The summed E-state index contributed by atoms with van der Waals surface area (Å²) < 4.78 is 4.68. The first-order valence-electron chi connectivity index (χ1n) is 7.77. The van der Waals surface area contributed by atoms with Crippen molar-refractivity contribution in [2.45, 2.75) is 19.3 Å². The molecule has 0 saturated heterocycles. The van der Waals surface area contributed by atoms with Gasteiger partial charge in [-0.15, -0.1) is 0 Å². The number of carbonyl (C=O) groups is 2. The van der Waals surface area contributed by atoms with E-state index in [1.54, 1.807) is 6.92 Å². The molecule has 0 bridgehead atoms. The average Bonchev–Trinajstić information content (AvgIpc) is 2.60. The van der Waals surface area contributed by atoms with Gasteiger partial charge in [0.05, 0.1) is 6.61 Å². The minimum atomic E-state index is -0.830. The monoisotopic (exact) mass is 311 g/mol. The molecule has 2 aromatic rings. The number of ether oxygens (including phenoxy) is 1. The highest BCUT2D eigenvalue weighted by molar-refractivity contribution is 6.32. The summed E-state index contributed by atoms with van der Waals surface area (Å²) in [7, 11) is 0. The molecule has 0 aliphatic carbocycles. The van der Waals surface area contributed by atoms with E-state index in [9.17, 15) is 9.59 Å². The highest BCUT2D eigenvalue weighted by Gasteiger charge is 2.17. The van der Waals surface area contributed by atoms with Gasteiger partial charge in [-0.05, 0) is 24.5 Å². The molecule has 23 heavy (non-hydrogen) atoms. The Morgan fingerprint density at radius 1 is 0.957 bits per heavy atom. The zero-order valence-corrected chi connectivity index (χ0v) is 13.2. The minimum absolute atomic E-state index is 0.167. The number of hydrogen-bond donors (Lipinski definition) is 1. The molecule has 0 heterocycles. The van der Waals surface area contributed by atoms with E-state index in [2.05, 4.69) is 34.3 Å². The van der Waals surface area contributed by atoms with Crippen LogP contribution in [0.25, 0.3) is 0 Å². The molecule has 1 amide bonds. The Morgan fingerprint density at radius 3 is 1.96 bits per heavy atom. The second-order valence-electron chi connectivity index (χ2n) is 5.14. The van der Waals surface area contributed by atoms with E-state index in [1.165, 1.54) is 11.1 Å². The quantitative estimate of drug-likeness (QED) is 0.659. The second-order valence-corrected chi connectivity index (χ2v) is 5.14. The maximum absolute atomic E-state index is 11.6. The summed E-state index contributed by atoms with van der Waals surface area (Å²) in [5.74, 6) is -1.35. The van der Waals surface area contributed by atoms with E-state index < -0.39 is 11.9 Å². The first-order chi connectivity index (χ1) is 11.2. The highest BCUT2D eigenvalue weighted by Crippen LogP contribution is 2.27. The van der Waals surface area contributed by atoms with E-state index in [0.29, 0.717) is 13.0 Å². The molecule has 2 rings (SSSR count). The first-order valence-corrected chi connectivity index (χ1v) is 7.77. The Balaban J connectivity index is 2.02. The second kappa shape index (κ2) is 8.73. The van der Waals surface area contributed by atoms with Crippen molar-refractivity contribution in [3.05, 3.63) is 71.8 Å². The SMILES string of the molecule is CCOC(=O)C(=O)NCCC(c1ccccc1)c1ccccc1. The zero-order valence-electron chi connectivity index (χ0n) is 13.2. The van der Waals surface area contributed by atoms with Crippen LogP contribution in [0.1, 0.15) is 30.4 Å². The summed E-state index contributed by atoms with van der Waals surface area (Å²) >= 11 is 0. The highest BCUT2D eigenvalue weighted by atomic mass is 16.5. The molecule has 4 nitrogen and oxygen atoms in total. The predicted molar refractivity (Wildman–Crippen MR) is 89.0 cm³/mol. The van der Waals surface area contributed by atoms with Crippen molar-refractivity contribution in [1.29, 1.82) is 0 Å². The Kier molecular flexibility index (Phi) is 6.36. The molecule has 120 valence electrons. The molecule has 4 heteroatoms. The lowest BCUT2D eigenvalue weighted by Crippen LogP contribution is -2.33. The van der Waals surface area contributed by atoms with Crippen molar-refractivity contribution >= 4 is 11.9 Å². The maximum atomic E-state index is 11.6. The number of benzene rings is 2. The van der Waals surface area contributed by atoms with Crippen molar-refractivity contribution in [2.24, 2.45) is 0 Å². The van der Waals surface area contributed by atoms with Crippen LogP contribution in [0.15, 0.2) is 60.7 Å². The van der Waals surface area contributed by atoms with Crippen LogP contribution in [0.3, 0.4) is 0 Å². The number of hydrogen-bond acceptors (Lipinski definition) is 3. The normalized spacial score (nSPS) is 10.3. The lowest BCUT2D eigenvalue weighted by atomic mass is 9.88. The standard InChI is InChI=1S/C19H21NO3/c1-2-23-19(22)18(21)20-14-13-17(15-9-5-3-6-10-15)16-11-7-4-8-12-16/h3-12,17H,2,13-14H2,1H3,(H,20,21). The van der Waals surface area contributed by atoms with Crippen molar-refractivity contribution < 1.29 is 14.3 Å². The number of nitrogens with one attached hydrogen (secondary N) is 1. The lowest BCUT2D eigenvalue weighted by Gasteiger charge is -2.18. The van der Waals surface area contributed by atoms with Gasteiger partial charge >= 0.3 is 11.9 Å². The topological polar surface area (TPSA) is 55.4 Å². The van der Waals surface area contributed by atoms with Gasteiger partial charge in [-0.2, -0.15) is 0 Å². The van der Waals surface area contributed by atoms with Gasteiger partial charge in [-0.25, -0.2) is 4.79 Å². The lowest BCUT2D eigenvalue weighted by molar-refractivity contribution is -0.154. The summed E-state index contributed by atoms with van der Waals surface area (Å²) in [6.07, 6.45) is 0.708.